The fourth-order valence-electron chi connectivity index (χ4n) is 3.49. The summed E-state index contributed by atoms with van der Waals surface area (Å²) in [4.78, 5) is 17.8. The SMILES string of the molecule is CN=C(NCCN1CCN(c2ncccn2)CC1)NC(C)CCc1ccccc1. The van der Waals surface area contributed by atoms with Crippen LogP contribution < -0.4 is 15.5 Å². The predicted molar refractivity (Wildman–Crippen MR) is 119 cm³/mol. The van der Waals surface area contributed by atoms with Gasteiger partial charge in [-0.1, -0.05) is 30.3 Å². The van der Waals surface area contributed by atoms with Crippen LogP contribution in [0.2, 0.25) is 0 Å². The van der Waals surface area contributed by atoms with Crippen LogP contribution in [0.5, 0.6) is 0 Å². The third-order valence-corrected chi connectivity index (χ3v) is 5.24. The van der Waals surface area contributed by atoms with Crippen molar-refractivity contribution in [2.75, 3.05) is 51.2 Å². The standard InChI is InChI=1S/C22H33N7/c1-19(9-10-20-7-4-3-5-8-20)27-21(23-2)24-13-14-28-15-17-29(18-16-28)22-25-11-6-12-26-22/h3-8,11-12,19H,9-10,13-18H2,1-2H3,(H2,23,24,27). The number of nitrogens with one attached hydrogen (secondary N) is 2. The van der Waals surface area contributed by atoms with E-state index in [0.717, 1.165) is 64.0 Å². The minimum absolute atomic E-state index is 0.371. The maximum atomic E-state index is 4.37. The van der Waals surface area contributed by atoms with E-state index >= 15 is 0 Å². The first-order valence-corrected chi connectivity index (χ1v) is 10.5. The predicted octanol–water partition coefficient (Wildman–Crippen LogP) is 1.78. The first-order chi connectivity index (χ1) is 14.2. The van der Waals surface area contributed by atoms with Crippen molar-refractivity contribution < 1.29 is 0 Å². The molecule has 0 saturated carbocycles. The second-order valence-electron chi connectivity index (χ2n) is 7.45. The van der Waals surface area contributed by atoms with Crippen molar-refractivity contribution in [1.29, 1.82) is 0 Å². The Hall–Kier alpha value is -2.67. The van der Waals surface area contributed by atoms with Crippen molar-refractivity contribution in [1.82, 2.24) is 25.5 Å². The molecular weight excluding hydrogens is 362 g/mol. The number of nitrogens with zero attached hydrogens (tertiary/aromatic N) is 5. The van der Waals surface area contributed by atoms with Crippen LogP contribution in [0.1, 0.15) is 18.9 Å². The smallest absolute Gasteiger partial charge is 0.225 e. The molecule has 2 heterocycles. The summed E-state index contributed by atoms with van der Waals surface area (Å²) in [6.45, 7) is 8.08. The van der Waals surface area contributed by atoms with Crippen LogP contribution >= 0.6 is 0 Å². The van der Waals surface area contributed by atoms with Crippen LogP contribution in [-0.2, 0) is 6.42 Å². The largest absolute Gasteiger partial charge is 0.355 e. The number of hydrogen-bond acceptors (Lipinski definition) is 5. The van der Waals surface area contributed by atoms with E-state index in [-0.39, 0.29) is 0 Å². The quantitative estimate of drug-likeness (QED) is 0.525. The topological polar surface area (TPSA) is 68.7 Å². The highest BCUT2D eigenvalue weighted by atomic mass is 15.3. The van der Waals surface area contributed by atoms with Crippen LogP contribution in [0.3, 0.4) is 0 Å². The van der Waals surface area contributed by atoms with Gasteiger partial charge in [0.2, 0.25) is 5.95 Å². The Kier molecular flexibility index (Phi) is 8.25. The van der Waals surface area contributed by atoms with E-state index in [9.17, 15) is 0 Å². The van der Waals surface area contributed by atoms with Crippen molar-refractivity contribution in [2.45, 2.75) is 25.8 Å². The Balaban J connectivity index is 1.32. The van der Waals surface area contributed by atoms with Gasteiger partial charge in [-0.2, -0.15) is 0 Å². The number of benzene rings is 1. The van der Waals surface area contributed by atoms with E-state index in [1.807, 2.05) is 13.1 Å². The van der Waals surface area contributed by atoms with Crippen molar-refractivity contribution in [3.05, 3.63) is 54.4 Å². The molecule has 0 radical (unpaired) electrons. The summed E-state index contributed by atoms with van der Waals surface area (Å²) >= 11 is 0. The molecule has 1 aromatic heterocycles. The zero-order valence-corrected chi connectivity index (χ0v) is 17.6. The minimum Gasteiger partial charge on any atom is -0.355 e. The van der Waals surface area contributed by atoms with Gasteiger partial charge in [-0.3, -0.25) is 9.89 Å². The molecular formula is C22H33N7. The highest BCUT2D eigenvalue weighted by Crippen LogP contribution is 2.09. The van der Waals surface area contributed by atoms with Gasteiger partial charge in [0.15, 0.2) is 5.96 Å². The second-order valence-corrected chi connectivity index (χ2v) is 7.45. The third kappa shape index (κ3) is 7.02. The lowest BCUT2D eigenvalue weighted by molar-refractivity contribution is 0.260. The zero-order valence-electron chi connectivity index (χ0n) is 17.6. The number of aromatic nitrogens is 2. The molecule has 2 N–H and O–H groups in total. The maximum absolute atomic E-state index is 4.37. The molecule has 29 heavy (non-hydrogen) atoms. The van der Waals surface area contributed by atoms with E-state index in [1.165, 1.54) is 5.56 Å². The summed E-state index contributed by atoms with van der Waals surface area (Å²) in [6, 6.07) is 12.9. The monoisotopic (exact) mass is 395 g/mol. The van der Waals surface area contributed by atoms with Gasteiger partial charge in [-0.05, 0) is 31.4 Å². The molecule has 3 rings (SSSR count). The van der Waals surface area contributed by atoms with E-state index < -0.39 is 0 Å². The fraction of sp³-hybridized carbons (Fsp3) is 0.500. The number of piperazine rings is 1. The molecule has 0 spiro atoms. The minimum atomic E-state index is 0.371. The summed E-state index contributed by atoms with van der Waals surface area (Å²) < 4.78 is 0. The highest BCUT2D eigenvalue weighted by Gasteiger charge is 2.18. The number of guanidine groups is 1. The lowest BCUT2D eigenvalue weighted by Crippen LogP contribution is -2.50. The fourth-order valence-corrected chi connectivity index (χ4v) is 3.49. The maximum Gasteiger partial charge on any atom is 0.225 e. The first kappa shape index (κ1) is 21.0. The Labute approximate surface area is 174 Å². The molecule has 1 atom stereocenters. The Bertz CT molecular complexity index is 727. The zero-order chi connectivity index (χ0) is 20.3. The molecule has 1 unspecified atom stereocenters. The number of hydrogen-bond donors (Lipinski definition) is 2. The van der Waals surface area contributed by atoms with Crippen LogP contribution in [0.15, 0.2) is 53.8 Å². The van der Waals surface area contributed by atoms with Crippen molar-refractivity contribution in [3.8, 4) is 0 Å². The van der Waals surface area contributed by atoms with Gasteiger partial charge in [-0.15, -0.1) is 0 Å². The number of aryl methyl sites for hydroxylation is 1. The Morgan fingerprint density at radius 1 is 1.07 bits per heavy atom. The number of aliphatic imine (C=N–C) groups is 1. The molecule has 0 amide bonds. The normalized spacial score (nSPS) is 16.5. The van der Waals surface area contributed by atoms with E-state index in [1.54, 1.807) is 12.4 Å². The number of rotatable bonds is 8. The Morgan fingerprint density at radius 3 is 2.48 bits per heavy atom. The van der Waals surface area contributed by atoms with Crippen molar-refractivity contribution in [3.63, 3.8) is 0 Å². The molecule has 0 aliphatic carbocycles. The first-order valence-electron chi connectivity index (χ1n) is 10.5. The Morgan fingerprint density at radius 2 is 1.79 bits per heavy atom. The molecule has 7 heteroatoms. The molecule has 1 aromatic carbocycles. The van der Waals surface area contributed by atoms with E-state index in [4.69, 9.17) is 0 Å². The summed E-state index contributed by atoms with van der Waals surface area (Å²) in [7, 11) is 1.83. The molecule has 1 saturated heterocycles. The van der Waals surface area contributed by atoms with Crippen LogP contribution in [0.4, 0.5) is 5.95 Å². The summed E-state index contributed by atoms with van der Waals surface area (Å²) in [5.41, 5.74) is 1.38. The lowest BCUT2D eigenvalue weighted by Gasteiger charge is -2.34. The van der Waals surface area contributed by atoms with Gasteiger partial charge < -0.3 is 15.5 Å². The number of anilines is 1. The van der Waals surface area contributed by atoms with Gasteiger partial charge in [0.1, 0.15) is 0 Å². The lowest BCUT2D eigenvalue weighted by atomic mass is 10.1. The average Bonchev–Trinajstić information content (AvgIpc) is 2.79. The van der Waals surface area contributed by atoms with Crippen molar-refractivity contribution >= 4 is 11.9 Å². The molecule has 7 nitrogen and oxygen atoms in total. The molecule has 1 fully saturated rings. The van der Waals surface area contributed by atoms with Gasteiger partial charge in [0.05, 0.1) is 0 Å². The molecule has 1 aliphatic rings. The molecule has 2 aromatic rings. The molecule has 156 valence electrons. The van der Waals surface area contributed by atoms with Gasteiger partial charge >= 0.3 is 0 Å². The van der Waals surface area contributed by atoms with Gasteiger partial charge in [-0.25, -0.2) is 9.97 Å². The molecule has 1 aliphatic heterocycles. The highest BCUT2D eigenvalue weighted by molar-refractivity contribution is 5.79. The van der Waals surface area contributed by atoms with Gasteiger partial charge in [0, 0.05) is 64.8 Å². The van der Waals surface area contributed by atoms with E-state index in [2.05, 4.69) is 72.6 Å². The van der Waals surface area contributed by atoms with Crippen LogP contribution in [0, 0.1) is 0 Å². The third-order valence-electron chi connectivity index (χ3n) is 5.24. The van der Waals surface area contributed by atoms with Crippen LogP contribution in [-0.4, -0.2) is 73.2 Å². The summed E-state index contributed by atoms with van der Waals surface area (Å²) in [6.07, 6.45) is 5.76. The molecule has 0 bridgehead atoms. The van der Waals surface area contributed by atoms with Crippen LogP contribution in [0.25, 0.3) is 0 Å². The summed E-state index contributed by atoms with van der Waals surface area (Å²) in [5.74, 6) is 1.71. The van der Waals surface area contributed by atoms with Crippen molar-refractivity contribution in [2.24, 2.45) is 4.99 Å². The average molecular weight is 396 g/mol. The second kappa shape index (κ2) is 11.4. The van der Waals surface area contributed by atoms with E-state index in [0.29, 0.717) is 6.04 Å². The summed E-state index contributed by atoms with van der Waals surface area (Å²) in [5, 5.41) is 6.95. The van der Waals surface area contributed by atoms with Gasteiger partial charge in [0.25, 0.3) is 0 Å².